The number of amides is 1. The molecular formula is C14H20N2O4. The Balaban J connectivity index is 2.64. The lowest BCUT2D eigenvalue weighted by Crippen LogP contribution is -2.42. The predicted octanol–water partition coefficient (Wildman–Crippen LogP) is 0.470. The van der Waals surface area contributed by atoms with E-state index in [0.717, 1.165) is 16.7 Å². The minimum Gasteiger partial charge on any atom is -0.508 e. The molecule has 0 saturated carbocycles. The highest BCUT2D eigenvalue weighted by Gasteiger charge is 2.16. The maximum atomic E-state index is 11.7. The number of carbonyl (C=O) groups is 2. The molecule has 0 unspecified atom stereocenters. The number of carboxylic acid groups (broad SMARTS) is 1. The molecule has 5 N–H and O–H groups in total. The molecule has 0 heterocycles. The average molecular weight is 280 g/mol. The molecule has 110 valence electrons. The Bertz CT molecular complexity index is 491. The van der Waals surface area contributed by atoms with Crippen molar-refractivity contribution in [3.63, 3.8) is 0 Å². The molecule has 0 fully saturated rings. The molecule has 6 heteroatoms. The van der Waals surface area contributed by atoms with E-state index in [1.54, 1.807) is 12.1 Å². The lowest BCUT2D eigenvalue weighted by Gasteiger charge is -2.15. The monoisotopic (exact) mass is 280 g/mol. The molecule has 0 spiro atoms. The molecule has 0 saturated heterocycles. The Morgan fingerprint density at radius 3 is 2.35 bits per heavy atom. The quantitative estimate of drug-likeness (QED) is 0.605. The van der Waals surface area contributed by atoms with E-state index in [0.29, 0.717) is 6.42 Å². The fraction of sp³-hybridized carbons (Fsp3) is 0.429. The third kappa shape index (κ3) is 4.55. The third-order valence-electron chi connectivity index (χ3n) is 3.08. The molecule has 1 aromatic carbocycles. The number of phenolic OH excluding ortho intramolecular Hbond substituents is 1. The molecule has 0 aliphatic carbocycles. The number of phenols is 1. The van der Waals surface area contributed by atoms with Gasteiger partial charge in [-0.3, -0.25) is 9.59 Å². The van der Waals surface area contributed by atoms with Gasteiger partial charge in [-0.05, 0) is 49.1 Å². The van der Waals surface area contributed by atoms with Crippen molar-refractivity contribution in [3.05, 3.63) is 28.8 Å². The van der Waals surface area contributed by atoms with Gasteiger partial charge >= 0.3 is 5.97 Å². The second-order valence-corrected chi connectivity index (χ2v) is 4.80. The van der Waals surface area contributed by atoms with Gasteiger partial charge in [0.15, 0.2) is 0 Å². The van der Waals surface area contributed by atoms with Gasteiger partial charge in [-0.2, -0.15) is 0 Å². The van der Waals surface area contributed by atoms with E-state index in [9.17, 15) is 14.7 Å². The minimum atomic E-state index is -0.968. The number of rotatable bonds is 6. The summed E-state index contributed by atoms with van der Waals surface area (Å²) in [6.45, 7) is 3.75. The Morgan fingerprint density at radius 1 is 1.30 bits per heavy atom. The van der Waals surface area contributed by atoms with Crippen LogP contribution in [0, 0.1) is 13.8 Å². The Kier molecular flexibility index (Phi) is 5.52. The van der Waals surface area contributed by atoms with E-state index < -0.39 is 12.0 Å². The average Bonchev–Trinajstić information content (AvgIpc) is 2.32. The smallest absolute Gasteiger partial charge is 0.305 e. The molecular weight excluding hydrogens is 260 g/mol. The van der Waals surface area contributed by atoms with Crippen LogP contribution in [0.5, 0.6) is 5.75 Å². The van der Waals surface area contributed by atoms with Crippen molar-refractivity contribution in [2.75, 3.05) is 6.54 Å². The van der Waals surface area contributed by atoms with Crippen LogP contribution >= 0.6 is 0 Å². The van der Waals surface area contributed by atoms with E-state index in [2.05, 4.69) is 5.32 Å². The first-order valence-corrected chi connectivity index (χ1v) is 6.35. The van der Waals surface area contributed by atoms with Crippen LogP contribution in [-0.2, 0) is 16.0 Å². The van der Waals surface area contributed by atoms with Gasteiger partial charge in [-0.25, -0.2) is 0 Å². The number of hydrogen-bond donors (Lipinski definition) is 4. The van der Waals surface area contributed by atoms with Crippen molar-refractivity contribution in [2.45, 2.75) is 32.7 Å². The summed E-state index contributed by atoms with van der Waals surface area (Å²) in [7, 11) is 0. The highest BCUT2D eigenvalue weighted by molar-refractivity contribution is 5.82. The number of carboxylic acids is 1. The lowest BCUT2D eigenvalue weighted by atomic mass is 9.96. The first kappa shape index (κ1) is 16.0. The van der Waals surface area contributed by atoms with Crippen LogP contribution in [-0.4, -0.2) is 34.7 Å². The Labute approximate surface area is 117 Å². The topological polar surface area (TPSA) is 113 Å². The molecule has 1 rings (SSSR count). The fourth-order valence-corrected chi connectivity index (χ4v) is 2.03. The molecule has 1 amide bonds. The number of aryl methyl sites for hydroxylation is 2. The number of hydrogen-bond acceptors (Lipinski definition) is 4. The Morgan fingerprint density at radius 2 is 1.85 bits per heavy atom. The lowest BCUT2D eigenvalue weighted by molar-refractivity contribution is -0.136. The summed E-state index contributed by atoms with van der Waals surface area (Å²) < 4.78 is 0. The van der Waals surface area contributed by atoms with E-state index in [1.807, 2.05) is 13.8 Å². The van der Waals surface area contributed by atoms with Crippen molar-refractivity contribution in [3.8, 4) is 5.75 Å². The van der Waals surface area contributed by atoms with Gasteiger partial charge < -0.3 is 21.3 Å². The van der Waals surface area contributed by atoms with Gasteiger partial charge in [0.2, 0.25) is 5.91 Å². The minimum absolute atomic E-state index is 0.0649. The third-order valence-corrected chi connectivity index (χ3v) is 3.08. The largest absolute Gasteiger partial charge is 0.508 e. The van der Waals surface area contributed by atoms with Crippen LogP contribution in [0.15, 0.2) is 12.1 Å². The number of aliphatic carboxylic acids is 1. The first-order chi connectivity index (χ1) is 9.31. The zero-order valence-electron chi connectivity index (χ0n) is 11.6. The van der Waals surface area contributed by atoms with Crippen LogP contribution in [0.2, 0.25) is 0 Å². The summed E-state index contributed by atoms with van der Waals surface area (Å²) in [5.41, 5.74) is 8.48. The second kappa shape index (κ2) is 6.91. The maximum absolute atomic E-state index is 11.7. The molecule has 1 atom stereocenters. The van der Waals surface area contributed by atoms with Crippen molar-refractivity contribution >= 4 is 11.9 Å². The number of nitrogens with two attached hydrogens (primary N) is 1. The summed E-state index contributed by atoms with van der Waals surface area (Å²) in [4.78, 5) is 22.1. The zero-order valence-corrected chi connectivity index (χ0v) is 11.6. The number of benzene rings is 1. The summed E-state index contributed by atoms with van der Waals surface area (Å²) in [6.07, 6.45) is 0.215. The summed E-state index contributed by atoms with van der Waals surface area (Å²) in [5, 5.41) is 20.4. The van der Waals surface area contributed by atoms with Crippen LogP contribution in [0.1, 0.15) is 23.1 Å². The molecule has 0 aromatic heterocycles. The van der Waals surface area contributed by atoms with Crippen LogP contribution in [0.25, 0.3) is 0 Å². The molecule has 0 radical (unpaired) electrons. The normalized spacial score (nSPS) is 11.9. The van der Waals surface area contributed by atoms with Crippen molar-refractivity contribution < 1.29 is 19.8 Å². The van der Waals surface area contributed by atoms with Gasteiger partial charge in [0.25, 0.3) is 0 Å². The molecule has 20 heavy (non-hydrogen) atoms. The highest BCUT2D eigenvalue weighted by Crippen LogP contribution is 2.21. The number of aromatic hydroxyl groups is 1. The zero-order chi connectivity index (χ0) is 15.3. The number of nitrogens with one attached hydrogen (secondary N) is 1. The van der Waals surface area contributed by atoms with Crippen LogP contribution in [0.4, 0.5) is 0 Å². The number of carbonyl (C=O) groups excluding carboxylic acids is 1. The second-order valence-electron chi connectivity index (χ2n) is 4.80. The Hall–Kier alpha value is -2.08. The van der Waals surface area contributed by atoms with E-state index in [4.69, 9.17) is 10.8 Å². The van der Waals surface area contributed by atoms with E-state index >= 15 is 0 Å². The summed E-state index contributed by atoms with van der Waals surface area (Å²) >= 11 is 0. The predicted molar refractivity (Wildman–Crippen MR) is 74.5 cm³/mol. The fourth-order valence-electron chi connectivity index (χ4n) is 2.03. The van der Waals surface area contributed by atoms with Gasteiger partial charge in [0, 0.05) is 6.54 Å². The summed E-state index contributed by atoms with van der Waals surface area (Å²) in [6, 6.07) is 2.50. The van der Waals surface area contributed by atoms with Gasteiger partial charge in [0.1, 0.15) is 5.75 Å². The van der Waals surface area contributed by atoms with Crippen LogP contribution < -0.4 is 11.1 Å². The maximum Gasteiger partial charge on any atom is 0.305 e. The van der Waals surface area contributed by atoms with Gasteiger partial charge in [-0.1, -0.05) is 0 Å². The van der Waals surface area contributed by atoms with Gasteiger partial charge in [-0.15, -0.1) is 0 Å². The SMILES string of the molecule is Cc1cc(O)cc(C)c1C[C@H](N)C(=O)NCCC(=O)O. The molecule has 0 aliphatic heterocycles. The highest BCUT2D eigenvalue weighted by atomic mass is 16.4. The molecule has 0 aliphatic rings. The van der Waals surface area contributed by atoms with Gasteiger partial charge in [0.05, 0.1) is 12.5 Å². The van der Waals surface area contributed by atoms with Crippen molar-refractivity contribution in [1.29, 1.82) is 0 Å². The standard InChI is InChI=1S/C14H20N2O4/c1-8-5-10(17)6-9(2)11(8)7-12(15)14(20)16-4-3-13(18)19/h5-6,12,17H,3-4,7,15H2,1-2H3,(H,16,20)(H,18,19)/t12-/m0/s1. The van der Waals surface area contributed by atoms with E-state index in [1.165, 1.54) is 0 Å². The molecule has 0 bridgehead atoms. The first-order valence-electron chi connectivity index (χ1n) is 6.35. The van der Waals surface area contributed by atoms with Crippen LogP contribution in [0.3, 0.4) is 0 Å². The molecule has 1 aromatic rings. The molecule has 6 nitrogen and oxygen atoms in total. The van der Waals surface area contributed by atoms with E-state index in [-0.39, 0.29) is 24.6 Å². The summed E-state index contributed by atoms with van der Waals surface area (Å²) in [5.74, 6) is -1.16. The van der Waals surface area contributed by atoms with Crippen molar-refractivity contribution in [1.82, 2.24) is 5.32 Å². The van der Waals surface area contributed by atoms with Crippen molar-refractivity contribution in [2.24, 2.45) is 5.73 Å².